The van der Waals surface area contributed by atoms with Crippen LogP contribution < -0.4 is 21.1 Å². The second-order valence-electron chi connectivity index (χ2n) is 16.1. The van der Waals surface area contributed by atoms with E-state index in [1.54, 1.807) is 4.68 Å². The van der Waals surface area contributed by atoms with Crippen molar-refractivity contribution in [3.63, 3.8) is 0 Å². The number of hydrogen-bond acceptors (Lipinski definition) is 17. The Labute approximate surface area is 400 Å². The lowest BCUT2D eigenvalue weighted by Crippen LogP contribution is -2.54. The molecule has 0 aliphatic carbocycles. The van der Waals surface area contributed by atoms with Crippen molar-refractivity contribution in [2.24, 2.45) is 0 Å². The van der Waals surface area contributed by atoms with Crippen molar-refractivity contribution in [3.05, 3.63) is 103 Å². The Hall–Kier alpha value is -7.92. The number of rotatable bonds is 22. The number of hydrogen-bond donors (Lipinski definition) is 3. The summed E-state index contributed by atoms with van der Waals surface area (Å²) in [5.41, 5.74) is 8.18. The van der Waals surface area contributed by atoms with E-state index < -0.39 is 59.5 Å². The molecule has 22 nitrogen and oxygen atoms in total. The van der Waals surface area contributed by atoms with Crippen molar-refractivity contribution < 1.29 is 62.0 Å². The highest BCUT2D eigenvalue weighted by Gasteiger charge is 2.46. The minimum absolute atomic E-state index is 0.00927. The van der Waals surface area contributed by atoms with E-state index >= 15 is 0 Å². The van der Waals surface area contributed by atoms with Gasteiger partial charge < -0.3 is 44.4 Å². The highest BCUT2D eigenvalue weighted by molar-refractivity contribution is 6.26. The normalized spacial score (nSPS) is 17.7. The van der Waals surface area contributed by atoms with Gasteiger partial charge in [0.2, 0.25) is 23.6 Å². The van der Waals surface area contributed by atoms with Gasteiger partial charge in [-0.2, -0.15) is 5.10 Å². The number of fused-ring (bicyclic) bond motifs is 2. The number of likely N-dealkylation sites (tertiary alicyclic amines) is 1. The summed E-state index contributed by atoms with van der Waals surface area (Å²) in [6.45, 7) is 4.59. The van der Waals surface area contributed by atoms with Crippen LogP contribution >= 0.6 is 0 Å². The molecule has 0 saturated carbocycles. The van der Waals surface area contributed by atoms with Gasteiger partial charge in [-0.1, -0.05) is 30.8 Å². The summed E-state index contributed by atoms with van der Waals surface area (Å²) in [4.78, 5) is 100. The molecule has 364 valence electrons. The van der Waals surface area contributed by atoms with Crippen LogP contribution in [0.2, 0.25) is 0 Å². The third-order valence-electron chi connectivity index (χ3n) is 11.5. The fourth-order valence-corrected chi connectivity index (χ4v) is 8.26. The molecule has 0 spiro atoms. The van der Waals surface area contributed by atoms with Crippen molar-refractivity contribution in [3.8, 4) is 22.8 Å². The molecule has 2 saturated heterocycles. The standard InChI is InChI=1S/C48H49N9O13/c1-2-39(60)55-26-30(57-44-41(43(49)50-28-51-44)42(54-57)29-11-13-32(14-12-29)70-31-7-4-3-5-8-31)25-36(55)48(64)69-24-23-67-20-19-65-17-18-66-21-22-68-27-38(59)52-34-10-6-9-33-40(34)47(63)56(46(33)62)35-15-16-37(58)53-45(35)61/h2-14,28,30,35-36H,1,15-27H2,(H,52,59)(H2,49,50,51)(H,53,58,61). The maximum atomic E-state index is 13.4. The maximum absolute atomic E-state index is 13.4. The molecule has 70 heavy (non-hydrogen) atoms. The largest absolute Gasteiger partial charge is 0.462 e. The molecule has 8 rings (SSSR count). The van der Waals surface area contributed by atoms with Gasteiger partial charge in [0.15, 0.2) is 5.65 Å². The molecule has 3 aromatic carbocycles. The van der Waals surface area contributed by atoms with Crippen LogP contribution in [0.15, 0.2) is 91.8 Å². The van der Waals surface area contributed by atoms with Crippen molar-refractivity contribution in [2.75, 3.05) is 77.1 Å². The number of nitrogens with two attached hydrogens (primary N) is 1. The first-order valence-electron chi connectivity index (χ1n) is 22.4. The monoisotopic (exact) mass is 959 g/mol. The molecule has 5 aromatic rings. The zero-order chi connectivity index (χ0) is 49.1. The van der Waals surface area contributed by atoms with E-state index in [-0.39, 0.29) is 108 Å². The second kappa shape index (κ2) is 22.5. The summed E-state index contributed by atoms with van der Waals surface area (Å²) in [6.07, 6.45) is 2.68. The number of esters is 1. The van der Waals surface area contributed by atoms with E-state index in [1.807, 2.05) is 54.6 Å². The van der Waals surface area contributed by atoms with E-state index in [0.717, 1.165) is 16.5 Å². The van der Waals surface area contributed by atoms with Crippen molar-refractivity contribution >= 4 is 64.0 Å². The van der Waals surface area contributed by atoms with Crippen molar-refractivity contribution in [2.45, 2.75) is 37.4 Å². The fraction of sp³-hybridized carbons (Fsp3) is 0.333. The number of anilines is 2. The number of amides is 6. The summed E-state index contributed by atoms with van der Waals surface area (Å²) in [6, 6.07) is 18.6. The number of nitrogens with one attached hydrogen (secondary N) is 2. The predicted molar refractivity (Wildman–Crippen MR) is 247 cm³/mol. The average Bonchev–Trinajstić information content (AvgIpc) is 4.05. The number of carbonyl (C=O) groups is 7. The van der Waals surface area contributed by atoms with Gasteiger partial charge in [0.05, 0.1) is 74.5 Å². The number of nitrogen functional groups attached to an aromatic ring is 1. The molecule has 3 aliphatic heterocycles. The number of aromatic nitrogens is 4. The third kappa shape index (κ3) is 11.0. The molecule has 3 atom stereocenters. The third-order valence-corrected chi connectivity index (χ3v) is 11.5. The maximum Gasteiger partial charge on any atom is 0.329 e. The van der Waals surface area contributed by atoms with Gasteiger partial charge in [-0.3, -0.25) is 39.0 Å². The van der Waals surface area contributed by atoms with Gasteiger partial charge in [-0.25, -0.2) is 19.4 Å². The lowest BCUT2D eigenvalue weighted by molar-refractivity contribution is -0.153. The highest BCUT2D eigenvalue weighted by Crippen LogP contribution is 2.37. The Morgan fingerprint density at radius 3 is 2.20 bits per heavy atom. The molecule has 2 fully saturated rings. The van der Waals surface area contributed by atoms with Crippen LogP contribution in [-0.4, -0.2) is 149 Å². The number of ether oxygens (including phenoxy) is 6. The Morgan fingerprint density at radius 1 is 0.814 bits per heavy atom. The van der Waals surface area contributed by atoms with Crippen LogP contribution in [0.25, 0.3) is 22.3 Å². The van der Waals surface area contributed by atoms with E-state index in [0.29, 0.717) is 28.2 Å². The molecule has 22 heteroatoms. The van der Waals surface area contributed by atoms with Crippen molar-refractivity contribution in [1.29, 1.82) is 0 Å². The molecule has 6 amide bonds. The number of piperidine rings is 1. The first-order valence-corrected chi connectivity index (χ1v) is 22.4. The number of imide groups is 2. The van der Waals surface area contributed by atoms with Crippen LogP contribution in [0.3, 0.4) is 0 Å². The summed E-state index contributed by atoms with van der Waals surface area (Å²) in [5, 5.41) is 10.2. The Kier molecular flexibility index (Phi) is 15.6. The lowest BCUT2D eigenvalue weighted by atomic mass is 10.0. The zero-order valence-corrected chi connectivity index (χ0v) is 37.8. The van der Waals surface area contributed by atoms with Crippen LogP contribution in [0.5, 0.6) is 11.5 Å². The number of benzene rings is 3. The number of carbonyl (C=O) groups excluding carboxylic acids is 7. The van der Waals surface area contributed by atoms with E-state index in [2.05, 4.69) is 27.2 Å². The zero-order valence-electron chi connectivity index (χ0n) is 37.8. The van der Waals surface area contributed by atoms with E-state index in [9.17, 15) is 33.6 Å². The molecule has 3 aliphatic rings. The van der Waals surface area contributed by atoms with Gasteiger partial charge in [0.1, 0.15) is 54.6 Å². The molecular formula is C48H49N9O13. The quantitative estimate of drug-likeness (QED) is 0.0389. The summed E-state index contributed by atoms with van der Waals surface area (Å²) in [5.74, 6) is -2.70. The second-order valence-corrected chi connectivity index (χ2v) is 16.1. The van der Waals surface area contributed by atoms with Crippen LogP contribution in [0.1, 0.15) is 46.0 Å². The summed E-state index contributed by atoms with van der Waals surface area (Å²) < 4.78 is 35.1. The topological polar surface area (TPSA) is 275 Å². The minimum Gasteiger partial charge on any atom is -0.462 e. The molecule has 0 bridgehead atoms. The fourth-order valence-electron chi connectivity index (χ4n) is 8.26. The highest BCUT2D eigenvalue weighted by atomic mass is 16.6. The first kappa shape index (κ1) is 48.5. The van der Waals surface area contributed by atoms with E-state index in [1.165, 1.54) is 29.4 Å². The lowest BCUT2D eigenvalue weighted by Gasteiger charge is -2.27. The smallest absolute Gasteiger partial charge is 0.329 e. The van der Waals surface area contributed by atoms with Gasteiger partial charge >= 0.3 is 5.97 Å². The molecular weight excluding hydrogens is 911 g/mol. The molecule has 5 heterocycles. The summed E-state index contributed by atoms with van der Waals surface area (Å²) >= 11 is 0. The molecule has 3 unspecified atom stereocenters. The van der Waals surface area contributed by atoms with Crippen LogP contribution in [0, 0.1) is 0 Å². The predicted octanol–water partition coefficient (Wildman–Crippen LogP) is 2.85. The Balaban J connectivity index is 0.712. The first-order chi connectivity index (χ1) is 34.0. The Bertz CT molecular complexity index is 2790. The van der Waals surface area contributed by atoms with Crippen LogP contribution in [0.4, 0.5) is 11.5 Å². The van der Waals surface area contributed by atoms with E-state index in [4.69, 9.17) is 39.3 Å². The van der Waals surface area contributed by atoms with Gasteiger partial charge in [-0.05, 0) is 61.0 Å². The van der Waals surface area contributed by atoms with Gasteiger partial charge in [-0.15, -0.1) is 0 Å². The average molecular weight is 960 g/mol. The van der Waals surface area contributed by atoms with Crippen molar-refractivity contribution in [1.82, 2.24) is 34.9 Å². The van der Waals surface area contributed by atoms with Crippen LogP contribution in [-0.2, 0) is 47.7 Å². The number of nitrogens with zero attached hydrogens (tertiary/aromatic N) is 6. The minimum atomic E-state index is -1.13. The SMILES string of the molecule is C=CC(=O)N1CC(n2nc(-c3ccc(Oc4ccccc4)cc3)c3c(N)ncnc32)CC1C(=O)OCCOCCOCCOCCOCC(=O)Nc1cccc2c1C(=O)N(C1CCC(=O)NC1=O)C2=O. The molecule has 4 N–H and O–H groups in total. The van der Waals surface area contributed by atoms with Gasteiger partial charge in [0.25, 0.3) is 11.8 Å². The molecule has 0 radical (unpaired) electrons. The Morgan fingerprint density at radius 2 is 1.50 bits per heavy atom. The van der Waals surface area contributed by atoms with Gasteiger partial charge in [0, 0.05) is 24.9 Å². The molecule has 2 aromatic heterocycles. The summed E-state index contributed by atoms with van der Waals surface area (Å²) in [7, 11) is 0. The number of para-hydroxylation sites is 1.